The van der Waals surface area contributed by atoms with Crippen molar-refractivity contribution >= 4 is 12.0 Å². The van der Waals surface area contributed by atoms with Crippen LogP contribution in [0.3, 0.4) is 0 Å². The van der Waals surface area contributed by atoms with Crippen molar-refractivity contribution in [3.8, 4) is 0 Å². The maximum absolute atomic E-state index is 12.1. The zero-order chi connectivity index (χ0) is 14.1. The highest BCUT2D eigenvalue weighted by Crippen LogP contribution is 2.12. The number of hydrogen-bond acceptors (Lipinski definition) is 3. The Kier molecular flexibility index (Phi) is 6.43. The highest BCUT2D eigenvalue weighted by atomic mass is 16.5. The van der Waals surface area contributed by atoms with Crippen LogP contribution in [0.4, 0.5) is 4.79 Å². The molecule has 5 heteroatoms. The molecule has 1 atom stereocenters. The second-order valence-electron chi connectivity index (χ2n) is 4.12. The van der Waals surface area contributed by atoms with Gasteiger partial charge in [0.05, 0.1) is 7.11 Å². The maximum Gasteiger partial charge on any atom is 0.407 e. The van der Waals surface area contributed by atoms with Gasteiger partial charge >= 0.3 is 6.09 Å². The Morgan fingerprint density at radius 3 is 2.53 bits per heavy atom. The molecule has 2 N–H and O–H groups in total. The van der Waals surface area contributed by atoms with Crippen molar-refractivity contribution in [3.05, 3.63) is 35.9 Å². The summed E-state index contributed by atoms with van der Waals surface area (Å²) in [4.78, 5) is 23.4. The fourth-order valence-corrected chi connectivity index (χ4v) is 1.61. The number of benzene rings is 1. The molecule has 0 radical (unpaired) electrons. The van der Waals surface area contributed by atoms with Crippen molar-refractivity contribution in [2.24, 2.45) is 0 Å². The normalized spacial score (nSPS) is 11.5. The van der Waals surface area contributed by atoms with Gasteiger partial charge in [0.1, 0.15) is 6.04 Å². The van der Waals surface area contributed by atoms with Crippen LogP contribution in [0, 0.1) is 0 Å². The van der Waals surface area contributed by atoms with Gasteiger partial charge in [-0.1, -0.05) is 43.7 Å². The van der Waals surface area contributed by atoms with Crippen molar-refractivity contribution in [2.75, 3.05) is 13.7 Å². The molecule has 0 fully saturated rings. The number of carbonyl (C=O) groups is 2. The summed E-state index contributed by atoms with van der Waals surface area (Å²) in [6.45, 7) is 2.65. The number of ether oxygens (including phenoxy) is 1. The third kappa shape index (κ3) is 4.99. The molecular formula is C14H20N2O3. The van der Waals surface area contributed by atoms with Gasteiger partial charge in [-0.2, -0.15) is 0 Å². The zero-order valence-electron chi connectivity index (χ0n) is 11.3. The van der Waals surface area contributed by atoms with E-state index in [1.165, 1.54) is 7.11 Å². The molecule has 2 amide bonds. The summed E-state index contributed by atoms with van der Waals surface area (Å²) in [6.07, 6.45) is 1.28. The lowest BCUT2D eigenvalue weighted by Gasteiger charge is -2.18. The van der Waals surface area contributed by atoms with Crippen LogP contribution in [-0.2, 0) is 9.53 Å². The highest BCUT2D eigenvalue weighted by molar-refractivity contribution is 5.86. The Balaban J connectivity index is 2.74. The lowest BCUT2D eigenvalue weighted by Crippen LogP contribution is -2.40. The Morgan fingerprint density at radius 1 is 1.26 bits per heavy atom. The van der Waals surface area contributed by atoms with E-state index in [1.54, 1.807) is 12.1 Å². The van der Waals surface area contributed by atoms with Crippen molar-refractivity contribution < 1.29 is 14.3 Å². The van der Waals surface area contributed by atoms with Gasteiger partial charge in [-0.15, -0.1) is 0 Å². The minimum atomic E-state index is -0.731. The molecular weight excluding hydrogens is 244 g/mol. The van der Waals surface area contributed by atoms with Gasteiger partial charge in [0.25, 0.3) is 0 Å². The van der Waals surface area contributed by atoms with E-state index in [0.717, 1.165) is 18.4 Å². The van der Waals surface area contributed by atoms with Crippen LogP contribution in [0.5, 0.6) is 0 Å². The summed E-state index contributed by atoms with van der Waals surface area (Å²) < 4.78 is 4.55. The Hall–Kier alpha value is -2.04. The largest absolute Gasteiger partial charge is 0.453 e. The van der Waals surface area contributed by atoms with Crippen LogP contribution in [0.15, 0.2) is 30.3 Å². The second-order valence-corrected chi connectivity index (χ2v) is 4.12. The van der Waals surface area contributed by atoms with E-state index < -0.39 is 12.1 Å². The molecule has 0 bridgehead atoms. The first kappa shape index (κ1) is 15.0. The van der Waals surface area contributed by atoms with Gasteiger partial charge in [-0.05, 0) is 12.0 Å². The molecule has 0 spiro atoms. The van der Waals surface area contributed by atoms with Crippen LogP contribution >= 0.6 is 0 Å². The average molecular weight is 264 g/mol. The molecule has 104 valence electrons. The van der Waals surface area contributed by atoms with Crippen LogP contribution < -0.4 is 10.6 Å². The summed E-state index contributed by atoms with van der Waals surface area (Å²) in [5.41, 5.74) is 0.724. The van der Waals surface area contributed by atoms with E-state index in [4.69, 9.17) is 0 Å². The molecule has 0 aliphatic carbocycles. The molecule has 0 heterocycles. The van der Waals surface area contributed by atoms with E-state index in [1.807, 2.05) is 25.1 Å². The highest BCUT2D eigenvalue weighted by Gasteiger charge is 2.22. The van der Waals surface area contributed by atoms with Crippen molar-refractivity contribution in [2.45, 2.75) is 25.8 Å². The topological polar surface area (TPSA) is 67.4 Å². The predicted molar refractivity (Wildman–Crippen MR) is 72.6 cm³/mol. The quantitative estimate of drug-likeness (QED) is 0.772. The molecule has 0 aromatic heterocycles. The van der Waals surface area contributed by atoms with Crippen LogP contribution in [-0.4, -0.2) is 25.7 Å². The lowest BCUT2D eigenvalue weighted by molar-refractivity contribution is -0.123. The first-order valence-corrected chi connectivity index (χ1v) is 6.36. The van der Waals surface area contributed by atoms with Crippen molar-refractivity contribution in [1.82, 2.24) is 10.6 Å². The molecule has 19 heavy (non-hydrogen) atoms. The average Bonchev–Trinajstić information content (AvgIpc) is 2.45. The summed E-state index contributed by atoms with van der Waals surface area (Å²) in [5, 5.41) is 5.34. The van der Waals surface area contributed by atoms with Crippen LogP contribution in [0.25, 0.3) is 0 Å². The Labute approximate surface area is 113 Å². The molecule has 0 unspecified atom stereocenters. The molecule has 0 saturated carbocycles. The number of methoxy groups -OCH3 is 1. The number of carbonyl (C=O) groups excluding carboxylic acids is 2. The molecule has 1 aromatic rings. The number of unbranched alkanes of at least 4 members (excludes halogenated alkanes) is 1. The summed E-state index contributed by atoms with van der Waals surface area (Å²) in [5.74, 6) is -0.231. The molecule has 0 aliphatic rings. The molecule has 0 saturated heterocycles. The van der Waals surface area contributed by atoms with Crippen molar-refractivity contribution in [3.63, 3.8) is 0 Å². The number of hydrogen-bond donors (Lipinski definition) is 2. The van der Waals surface area contributed by atoms with Crippen molar-refractivity contribution in [1.29, 1.82) is 0 Å². The second kappa shape index (κ2) is 8.13. The smallest absolute Gasteiger partial charge is 0.407 e. The summed E-state index contributed by atoms with van der Waals surface area (Å²) in [7, 11) is 1.27. The van der Waals surface area contributed by atoms with Gasteiger partial charge in [-0.25, -0.2) is 4.79 Å². The monoisotopic (exact) mass is 264 g/mol. The van der Waals surface area contributed by atoms with Gasteiger partial charge in [0.2, 0.25) is 5.91 Å². The maximum atomic E-state index is 12.1. The molecule has 0 aliphatic heterocycles. The number of amides is 2. The number of nitrogens with one attached hydrogen (secondary N) is 2. The van der Waals surface area contributed by atoms with E-state index in [9.17, 15) is 9.59 Å². The van der Waals surface area contributed by atoms with Crippen LogP contribution in [0.2, 0.25) is 0 Å². The van der Waals surface area contributed by atoms with E-state index in [2.05, 4.69) is 15.4 Å². The fraction of sp³-hybridized carbons (Fsp3) is 0.429. The zero-order valence-corrected chi connectivity index (χ0v) is 11.3. The number of rotatable bonds is 6. The van der Waals surface area contributed by atoms with Gasteiger partial charge in [0, 0.05) is 6.54 Å². The summed E-state index contributed by atoms with van der Waals surface area (Å²) >= 11 is 0. The molecule has 5 nitrogen and oxygen atoms in total. The summed E-state index contributed by atoms with van der Waals surface area (Å²) in [6, 6.07) is 8.35. The minimum absolute atomic E-state index is 0.231. The first-order chi connectivity index (χ1) is 9.19. The number of alkyl carbamates (subject to hydrolysis) is 1. The van der Waals surface area contributed by atoms with E-state index >= 15 is 0 Å². The lowest BCUT2D eigenvalue weighted by atomic mass is 10.1. The fourth-order valence-electron chi connectivity index (χ4n) is 1.61. The molecule has 1 aromatic carbocycles. The molecule has 1 rings (SSSR count). The van der Waals surface area contributed by atoms with Gasteiger partial charge in [0.15, 0.2) is 0 Å². The standard InChI is InChI=1S/C14H20N2O3/c1-3-4-10-15-13(17)12(16-14(18)19-2)11-8-6-5-7-9-11/h5-9,12H,3-4,10H2,1-2H3,(H,15,17)(H,16,18)/t12-/m1/s1. The SMILES string of the molecule is CCCCNC(=O)[C@H](NC(=O)OC)c1ccccc1. The van der Waals surface area contributed by atoms with Gasteiger partial charge in [-0.3, -0.25) is 4.79 Å². The van der Waals surface area contributed by atoms with Crippen LogP contribution in [0.1, 0.15) is 31.4 Å². The van der Waals surface area contributed by atoms with E-state index in [0.29, 0.717) is 6.54 Å². The third-order valence-electron chi connectivity index (χ3n) is 2.67. The first-order valence-electron chi connectivity index (χ1n) is 6.36. The Morgan fingerprint density at radius 2 is 1.95 bits per heavy atom. The Bertz CT molecular complexity index is 406. The third-order valence-corrected chi connectivity index (χ3v) is 2.67. The van der Waals surface area contributed by atoms with E-state index in [-0.39, 0.29) is 5.91 Å². The van der Waals surface area contributed by atoms with Gasteiger partial charge < -0.3 is 15.4 Å². The predicted octanol–water partition coefficient (Wildman–Crippen LogP) is 2.00. The minimum Gasteiger partial charge on any atom is -0.453 e.